The summed E-state index contributed by atoms with van der Waals surface area (Å²) in [7, 11) is -2.25. The molecular weight excluding hydrogens is 344 g/mol. The first kappa shape index (κ1) is 17.2. The Morgan fingerprint density at radius 3 is 2.72 bits per heavy atom. The predicted octanol–water partition coefficient (Wildman–Crippen LogP) is 1.30. The van der Waals surface area contributed by atoms with Gasteiger partial charge in [0.2, 0.25) is 16.8 Å². The molecule has 0 aliphatic carbocycles. The molecule has 0 spiro atoms. The number of carbonyl (C=O) groups is 1. The Morgan fingerprint density at radius 1 is 1.12 bits per heavy atom. The molecular formula is C17H18N2O5S. The Labute approximate surface area is 146 Å². The van der Waals surface area contributed by atoms with E-state index in [1.807, 2.05) is 18.2 Å². The third kappa shape index (κ3) is 3.92. The average molecular weight is 362 g/mol. The zero-order valence-corrected chi connectivity index (χ0v) is 14.4. The van der Waals surface area contributed by atoms with Crippen molar-refractivity contribution in [2.24, 2.45) is 0 Å². The molecule has 132 valence electrons. The first-order chi connectivity index (χ1) is 12.0. The van der Waals surface area contributed by atoms with E-state index in [2.05, 4.69) is 10.0 Å². The lowest BCUT2D eigenvalue weighted by atomic mass is 10.1. The minimum Gasteiger partial charge on any atom is -0.454 e. The van der Waals surface area contributed by atoms with Crippen LogP contribution in [0.2, 0.25) is 0 Å². The van der Waals surface area contributed by atoms with Gasteiger partial charge in [-0.3, -0.25) is 4.79 Å². The van der Waals surface area contributed by atoms with E-state index in [1.54, 1.807) is 6.07 Å². The fourth-order valence-corrected chi connectivity index (χ4v) is 3.22. The smallest absolute Gasteiger partial charge is 0.251 e. The van der Waals surface area contributed by atoms with Gasteiger partial charge in [0.25, 0.3) is 5.91 Å². The molecule has 0 atom stereocenters. The van der Waals surface area contributed by atoms with Crippen molar-refractivity contribution in [1.29, 1.82) is 0 Å². The van der Waals surface area contributed by atoms with Crippen LogP contribution in [0, 0.1) is 0 Å². The van der Waals surface area contributed by atoms with Crippen molar-refractivity contribution in [2.75, 3.05) is 20.4 Å². The van der Waals surface area contributed by atoms with Gasteiger partial charge in [0.05, 0.1) is 4.90 Å². The number of hydrogen-bond donors (Lipinski definition) is 2. The van der Waals surface area contributed by atoms with Crippen molar-refractivity contribution in [2.45, 2.75) is 11.3 Å². The molecule has 0 fully saturated rings. The molecule has 2 aromatic carbocycles. The standard InChI is InChI=1S/C17H18N2O5S/c1-18-25(21,22)14-4-2-3-13(10-14)17(20)19-8-7-12-5-6-15-16(9-12)24-11-23-15/h2-6,9-10,18H,7-8,11H2,1H3,(H,19,20). The maximum absolute atomic E-state index is 12.2. The van der Waals surface area contributed by atoms with Crippen molar-refractivity contribution < 1.29 is 22.7 Å². The second-order valence-corrected chi connectivity index (χ2v) is 7.32. The molecule has 0 aromatic heterocycles. The van der Waals surface area contributed by atoms with Gasteiger partial charge < -0.3 is 14.8 Å². The van der Waals surface area contributed by atoms with E-state index in [9.17, 15) is 13.2 Å². The van der Waals surface area contributed by atoms with Gasteiger partial charge in [-0.05, 0) is 49.4 Å². The molecule has 0 saturated heterocycles. The van der Waals surface area contributed by atoms with Crippen LogP contribution in [0.15, 0.2) is 47.4 Å². The normalized spacial score (nSPS) is 12.8. The second kappa shape index (κ2) is 7.12. The highest BCUT2D eigenvalue weighted by Gasteiger charge is 2.15. The van der Waals surface area contributed by atoms with Crippen LogP contribution in [0.5, 0.6) is 11.5 Å². The summed E-state index contributed by atoms with van der Waals surface area (Å²) in [6.07, 6.45) is 0.622. The zero-order valence-electron chi connectivity index (χ0n) is 13.6. The predicted molar refractivity (Wildman–Crippen MR) is 91.3 cm³/mol. The van der Waals surface area contributed by atoms with Gasteiger partial charge in [0.15, 0.2) is 11.5 Å². The Kier molecular flexibility index (Phi) is 4.91. The summed E-state index contributed by atoms with van der Waals surface area (Å²) in [5, 5.41) is 2.79. The number of rotatable bonds is 6. The zero-order chi connectivity index (χ0) is 17.9. The third-order valence-corrected chi connectivity index (χ3v) is 5.22. The molecule has 0 saturated carbocycles. The number of nitrogens with one attached hydrogen (secondary N) is 2. The van der Waals surface area contributed by atoms with Gasteiger partial charge >= 0.3 is 0 Å². The van der Waals surface area contributed by atoms with Crippen LogP contribution in [-0.4, -0.2) is 34.7 Å². The van der Waals surface area contributed by atoms with Crippen molar-refractivity contribution in [3.63, 3.8) is 0 Å². The number of sulfonamides is 1. The van der Waals surface area contributed by atoms with Gasteiger partial charge in [0, 0.05) is 12.1 Å². The summed E-state index contributed by atoms with van der Waals surface area (Å²) in [6.45, 7) is 0.642. The first-order valence-electron chi connectivity index (χ1n) is 7.70. The van der Waals surface area contributed by atoms with Crippen LogP contribution in [0.25, 0.3) is 0 Å². The number of carbonyl (C=O) groups excluding carboxylic acids is 1. The lowest BCUT2D eigenvalue weighted by Crippen LogP contribution is -2.26. The number of ether oxygens (including phenoxy) is 2. The van der Waals surface area contributed by atoms with Crippen LogP contribution >= 0.6 is 0 Å². The summed E-state index contributed by atoms with van der Waals surface area (Å²) in [4.78, 5) is 12.3. The van der Waals surface area contributed by atoms with E-state index in [-0.39, 0.29) is 17.6 Å². The van der Waals surface area contributed by atoms with Gasteiger partial charge in [-0.2, -0.15) is 0 Å². The highest BCUT2D eigenvalue weighted by molar-refractivity contribution is 7.89. The van der Waals surface area contributed by atoms with Crippen LogP contribution in [-0.2, 0) is 16.4 Å². The Bertz CT molecular complexity index is 896. The van der Waals surface area contributed by atoms with Crippen LogP contribution in [0.4, 0.5) is 0 Å². The molecule has 2 N–H and O–H groups in total. The fraction of sp³-hybridized carbons (Fsp3) is 0.235. The molecule has 0 unspecified atom stereocenters. The molecule has 25 heavy (non-hydrogen) atoms. The topological polar surface area (TPSA) is 93.7 Å². The van der Waals surface area contributed by atoms with Crippen LogP contribution in [0.1, 0.15) is 15.9 Å². The maximum atomic E-state index is 12.2. The average Bonchev–Trinajstić information content (AvgIpc) is 3.09. The SMILES string of the molecule is CNS(=O)(=O)c1cccc(C(=O)NCCc2ccc3c(c2)OCO3)c1. The van der Waals surface area contributed by atoms with Gasteiger partial charge in [0.1, 0.15) is 0 Å². The van der Waals surface area contributed by atoms with E-state index < -0.39 is 10.0 Å². The molecule has 0 bridgehead atoms. The fourth-order valence-electron chi connectivity index (χ4n) is 2.44. The van der Waals surface area contributed by atoms with Crippen molar-refractivity contribution >= 4 is 15.9 Å². The van der Waals surface area contributed by atoms with Crippen LogP contribution < -0.4 is 19.5 Å². The van der Waals surface area contributed by atoms with Gasteiger partial charge in [-0.1, -0.05) is 12.1 Å². The summed E-state index contributed by atoms with van der Waals surface area (Å²) in [5.74, 6) is 1.10. The first-order valence-corrected chi connectivity index (χ1v) is 9.18. The minimum atomic E-state index is -3.58. The van der Waals surface area contributed by atoms with E-state index in [1.165, 1.54) is 25.2 Å². The van der Waals surface area contributed by atoms with E-state index >= 15 is 0 Å². The third-order valence-electron chi connectivity index (χ3n) is 3.81. The number of fused-ring (bicyclic) bond motifs is 1. The van der Waals surface area contributed by atoms with Gasteiger partial charge in [-0.15, -0.1) is 0 Å². The number of benzene rings is 2. The quantitative estimate of drug-likeness (QED) is 0.808. The Morgan fingerprint density at radius 2 is 1.92 bits per heavy atom. The van der Waals surface area contributed by atoms with Crippen LogP contribution in [0.3, 0.4) is 0 Å². The van der Waals surface area contributed by atoms with E-state index in [4.69, 9.17) is 9.47 Å². The molecule has 1 amide bonds. The number of amides is 1. The number of hydrogen-bond acceptors (Lipinski definition) is 5. The van der Waals surface area contributed by atoms with E-state index in [0.29, 0.717) is 24.3 Å². The molecule has 1 aliphatic heterocycles. The highest BCUT2D eigenvalue weighted by atomic mass is 32.2. The van der Waals surface area contributed by atoms with Gasteiger partial charge in [-0.25, -0.2) is 13.1 Å². The Hall–Kier alpha value is -2.58. The lowest BCUT2D eigenvalue weighted by molar-refractivity contribution is 0.0954. The molecule has 0 radical (unpaired) electrons. The molecule has 7 nitrogen and oxygen atoms in total. The minimum absolute atomic E-state index is 0.0541. The summed E-state index contributed by atoms with van der Waals surface area (Å²) < 4.78 is 36.4. The maximum Gasteiger partial charge on any atom is 0.251 e. The highest BCUT2D eigenvalue weighted by Crippen LogP contribution is 2.32. The van der Waals surface area contributed by atoms with Crippen molar-refractivity contribution in [3.8, 4) is 11.5 Å². The molecule has 1 heterocycles. The summed E-state index contributed by atoms with van der Waals surface area (Å²) in [5.41, 5.74) is 1.30. The van der Waals surface area contributed by atoms with Crippen molar-refractivity contribution in [3.05, 3.63) is 53.6 Å². The second-order valence-electron chi connectivity index (χ2n) is 5.43. The monoisotopic (exact) mass is 362 g/mol. The van der Waals surface area contributed by atoms with Crippen molar-refractivity contribution in [1.82, 2.24) is 10.0 Å². The summed E-state index contributed by atoms with van der Waals surface area (Å²) in [6, 6.07) is 11.5. The lowest BCUT2D eigenvalue weighted by Gasteiger charge is -2.08. The summed E-state index contributed by atoms with van der Waals surface area (Å²) >= 11 is 0. The molecule has 1 aliphatic rings. The Balaban J connectivity index is 1.60. The molecule has 3 rings (SSSR count). The molecule has 2 aromatic rings. The van der Waals surface area contributed by atoms with E-state index in [0.717, 1.165) is 11.3 Å². The largest absolute Gasteiger partial charge is 0.454 e. The molecule has 8 heteroatoms.